The quantitative estimate of drug-likeness (QED) is 0.805. The number of rotatable bonds is 5. The van der Waals surface area contributed by atoms with Crippen LogP contribution in [0.3, 0.4) is 0 Å². The van der Waals surface area contributed by atoms with Crippen molar-refractivity contribution in [1.29, 1.82) is 0 Å². The predicted octanol–water partition coefficient (Wildman–Crippen LogP) is 2.62. The zero-order chi connectivity index (χ0) is 15.2. The lowest BCUT2D eigenvalue weighted by Gasteiger charge is -2.32. The summed E-state index contributed by atoms with van der Waals surface area (Å²) in [5.41, 5.74) is 0. The Balaban J connectivity index is 2.05. The first-order valence-electron chi connectivity index (χ1n) is 6.60. The molecular formula is C14H16BrNO4S. The molecule has 1 saturated heterocycles. The van der Waals surface area contributed by atoms with Crippen molar-refractivity contribution in [2.45, 2.75) is 18.9 Å². The largest absolute Gasteiger partial charge is 0.480 e. The molecule has 114 valence electrons. The molecule has 0 saturated carbocycles. The predicted molar refractivity (Wildman–Crippen MR) is 84.2 cm³/mol. The minimum Gasteiger partial charge on any atom is -0.480 e. The fraction of sp³-hybridized carbons (Fsp3) is 0.429. The highest BCUT2D eigenvalue weighted by atomic mass is 79.9. The van der Waals surface area contributed by atoms with E-state index in [1.807, 2.05) is 12.1 Å². The van der Waals surface area contributed by atoms with Crippen LogP contribution in [0.2, 0.25) is 0 Å². The van der Waals surface area contributed by atoms with Crippen LogP contribution < -0.4 is 0 Å². The molecule has 1 fully saturated rings. The Kier molecular flexibility index (Phi) is 5.96. The van der Waals surface area contributed by atoms with Gasteiger partial charge in [0, 0.05) is 30.2 Å². The van der Waals surface area contributed by atoms with Gasteiger partial charge in [-0.1, -0.05) is 0 Å². The number of aliphatic carboxylic acids is 1. The van der Waals surface area contributed by atoms with Crippen molar-refractivity contribution in [2.75, 3.05) is 19.8 Å². The van der Waals surface area contributed by atoms with E-state index in [-0.39, 0.29) is 18.5 Å². The van der Waals surface area contributed by atoms with E-state index >= 15 is 0 Å². The molecule has 0 atom stereocenters. The van der Waals surface area contributed by atoms with E-state index in [0.29, 0.717) is 26.1 Å². The Labute approximate surface area is 135 Å². The topological polar surface area (TPSA) is 66.8 Å². The number of carboxylic acid groups (broad SMARTS) is 1. The molecule has 5 nitrogen and oxygen atoms in total. The minimum atomic E-state index is -0.998. The summed E-state index contributed by atoms with van der Waals surface area (Å²) < 4.78 is 6.25. The Morgan fingerprint density at radius 1 is 1.43 bits per heavy atom. The van der Waals surface area contributed by atoms with Gasteiger partial charge in [-0.15, -0.1) is 11.3 Å². The summed E-state index contributed by atoms with van der Waals surface area (Å²) in [6, 6.07) is 3.73. The summed E-state index contributed by atoms with van der Waals surface area (Å²) >= 11 is 4.87. The number of carboxylic acids is 1. The first-order valence-corrected chi connectivity index (χ1v) is 8.21. The fourth-order valence-corrected chi connectivity index (χ4v) is 3.52. The average Bonchev–Trinajstić information content (AvgIpc) is 2.88. The van der Waals surface area contributed by atoms with E-state index in [1.165, 1.54) is 22.3 Å². The van der Waals surface area contributed by atoms with Gasteiger partial charge in [-0.05, 0) is 47.0 Å². The number of carbonyl (C=O) groups excluding carboxylic acids is 1. The number of carbonyl (C=O) groups is 2. The second-order valence-corrected chi connectivity index (χ2v) is 7.17. The summed E-state index contributed by atoms with van der Waals surface area (Å²) in [6.45, 7) is 0.854. The van der Waals surface area contributed by atoms with Gasteiger partial charge in [-0.3, -0.25) is 9.59 Å². The lowest BCUT2D eigenvalue weighted by atomic mass is 10.1. The van der Waals surface area contributed by atoms with E-state index in [2.05, 4.69) is 15.9 Å². The maximum absolute atomic E-state index is 12.3. The molecule has 1 N–H and O–H groups in total. The van der Waals surface area contributed by atoms with Gasteiger partial charge in [0.1, 0.15) is 6.54 Å². The number of hydrogen-bond donors (Lipinski definition) is 1. The van der Waals surface area contributed by atoms with E-state index in [4.69, 9.17) is 9.84 Å². The van der Waals surface area contributed by atoms with Crippen LogP contribution >= 0.6 is 27.3 Å². The van der Waals surface area contributed by atoms with Crippen LogP contribution in [0, 0.1) is 0 Å². The summed E-state index contributed by atoms with van der Waals surface area (Å²) in [6.07, 6.45) is 4.51. The monoisotopic (exact) mass is 373 g/mol. The van der Waals surface area contributed by atoms with Gasteiger partial charge in [0.15, 0.2) is 0 Å². The van der Waals surface area contributed by atoms with Crippen LogP contribution in [0.1, 0.15) is 17.7 Å². The molecule has 1 amide bonds. The van der Waals surface area contributed by atoms with Crippen molar-refractivity contribution in [3.8, 4) is 0 Å². The Morgan fingerprint density at radius 3 is 2.71 bits per heavy atom. The third-order valence-corrected chi connectivity index (χ3v) is 4.79. The van der Waals surface area contributed by atoms with Crippen molar-refractivity contribution in [3.05, 3.63) is 26.9 Å². The lowest BCUT2D eigenvalue weighted by molar-refractivity contribution is -0.145. The molecule has 0 radical (unpaired) electrons. The van der Waals surface area contributed by atoms with E-state index in [9.17, 15) is 9.59 Å². The second kappa shape index (κ2) is 7.72. The second-order valence-electron chi connectivity index (χ2n) is 4.68. The van der Waals surface area contributed by atoms with E-state index < -0.39 is 5.97 Å². The molecule has 1 aliphatic heterocycles. The molecule has 2 rings (SSSR count). The summed E-state index contributed by atoms with van der Waals surface area (Å²) in [5, 5.41) is 9.00. The van der Waals surface area contributed by atoms with Gasteiger partial charge >= 0.3 is 5.97 Å². The van der Waals surface area contributed by atoms with Gasteiger partial charge in [-0.2, -0.15) is 0 Å². The van der Waals surface area contributed by atoms with Crippen LogP contribution in [0.15, 0.2) is 22.0 Å². The first-order chi connectivity index (χ1) is 10.1. The normalized spacial score (nSPS) is 16.2. The first kappa shape index (κ1) is 16.2. The number of halogens is 1. The summed E-state index contributed by atoms with van der Waals surface area (Å²) in [4.78, 5) is 25.6. The van der Waals surface area contributed by atoms with Gasteiger partial charge < -0.3 is 14.7 Å². The van der Waals surface area contributed by atoms with Crippen LogP contribution in [-0.2, 0) is 14.3 Å². The Morgan fingerprint density at radius 2 is 2.14 bits per heavy atom. The van der Waals surface area contributed by atoms with Gasteiger partial charge in [0.05, 0.1) is 3.79 Å². The third-order valence-electron chi connectivity index (χ3n) is 3.20. The number of thiophene rings is 1. The maximum atomic E-state index is 12.3. The number of amides is 1. The summed E-state index contributed by atoms with van der Waals surface area (Å²) in [5.74, 6) is -1.27. The minimum absolute atomic E-state index is 0.0675. The van der Waals surface area contributed by atoms with E-state index in [1.54, 1.807) is 6.08 Å². The molecule has 0 aromatic carbocycles. The number of ether oxygens (including phenoxy) is 1. The summed E-state index contributed by atoms with van der Waals surface area (Å²) in [7, 11) is 0. The zero-order valence-corrected chi connectivity index (χ0v) is 13.7. The van der Waals surface area contributed by atoms with Gasteiger partial charge in [-0.25, -0.2) is 0 Å². The number of nitrogens with zero attached hydrogens (tertiary/aromatic N) is 1. The fourth-order valence-electron chi connectivity index (χ4n) is 2.20. The van der Waals surface area contributed by atoms with Crippen molar-refractivity contribution < 1.29 is 19.4 Å². The highest BCUT2D eigenvalue weighted by molar-refractivity contribution is 9.11. The average molecular weight is 374 g/mol. The maximum Gasteiger partial charge on any atom is 0.323 e. The van der Waals surface area contributed by atoms with Crippen LogP contribution in [0.5, 0.6) is 0 Å². The number of hydrogen-bond acceptors (Lipinski definition) is 4. The highest BCUT2D eigenvalue weighted by Crippen LogP contribution is 2.23. The van der Waals surface area contributed by atoms with Crippen molar-refractivity contribution in [3.63, 3.8) is 0 Å². The standard InChI is InChI=1S/C14H16BrNO4S/c15-12-3-1-11(21-12)2-4-13(17)16(9-14(18)19)10-5-7-20-8-6-10/h1-4,10H,5-9H2,(H,18,19)/b4-2+. The Bertz CT molecular complexity index is 537. The highest BCUT2D eigenvalue weighted by Gasteiger charge is 2.26. The Hall–Kier alpha value is -1.18. The molecule has 0 bridgehead atoms. The van der Waals surface area contributed by atoms with Crippen molar-refractivity contribution in [1.82, 2.24) is 4.90 Å². The van der Waals surface area contributed by atoms with Crippen LogP contribution in [0.4, 0.5) is 0 Å². The SMILES string of the molecule is O=C(O)CN(C(=O)/C=C/c1ccc(Br)s1)C1CCOCC1. The molecule has 0 spiro atoms. The van der Waals surface area contributed by atoms with E-state index in [0.717, 1.165) is 8.66 Å². The molecule has 1 aromatic heterocycles. The molecule has 21 heavy (non-hydrogen) atoms. The molecule has 2 heterocycles. The van der Waals surface area contributed by atoms with Crippen molar-refractivity contribution in [2.24, 2.45) is 0 Å². The zero-order valence-electron chi connectivity index (χ0n) is 11.3. The van der Waals surface area contributed by atoms with Gasteiger partial charge in [0.25, 0.3) is 0 Å². The lowest BCUT2D eigenvalue weighted by Crippen LogP contribution is -2.45. The molecular weight excluding hydrogens is 358 g/mol. The molecule has 0 aliphatic carbocycles. The molecule has 1 aliphatic rings. The van der Waals surface area contributed by atoms with Gasteiger partial charge in [0.2, 0.25) is 5.91 Å². The molecule has 7 heteroatoms. The third kappa shape index (κ3) is 4.94. The molecule has 0 unspecified atom stereocenters. The smallest absolute Gasteiger partial charge is 0.323 e. The van der Waals surface area contributed by atoms with Crippen LogP contribution in [-0.4, -0.2) is 47.7 Å². The van der Waals surface area contributed by atoms with Crippen LogP contribution in [0.25, 0.3) is 6.08 Å². The van der Waals surface area contributed by atoms with Crippen molar-refractivity contribution >= 4 is 45.2 Å². The molecule has 1 aromatic rings.